The summed E-state index contributed by atoms with van der Waals surface area (Å²) in [7, 11) is 0. The number of benzene rings is 3. The number of nitrogens with one attached hydrogen (secondary N) is 1. The van der Waals surface area contributed by atoms with Gasteiger partial charge in [0.05, 0.1) is 10.6 Å². The second-order valence-electron chi connectivity index (χ2n) is 7.09. The normalized spacial score (nSPS) is 13.5. The number of hydrogen-bond donors (Lipinski definition) is 2. The molecule has 3 aromatic carbocycles. The van der Waals surface area contributed by atoms with E-state index in [2.05, 4.69) is 29.6 Å². The highest BCUT2D eigenvalue weighted by Gasteiger charge is 2.20. The van der Waals surface area contributed by atoms with Crippen molar-refractivity contribution in [1.29, 1.82) is 0 Å². The minimum Gasteiger partial charge on any atom is -0.366 e. The summed E-state index contributed by atoms with van der Waals surface area (Å²) in [5.41, 5.74) is 10.1. The molecular weight excluding hydrogens is 375 g/mol. The smallest absolute Gasteiger partial charge is 0.250 e. The van der Waals surface area contributed by atoms with Gasteiger partial charge in [0.25, 0.3) is 0 Å². The van der Waals surface area contributed by atoms with E-state index in [4.69, 9.17) is 17.3 Å². The van der Waals surface area contributed by atoms with Crippen LogP contribution in [0.25, 0.3) is 11.1 Å². The van der Waals surface area contributed by atoms with Gasteiger partial charge in [0.2, 0.25) is 5.91 Å². The first kappa shape index (κ1) is 18.7. The fourth-order valence-corrected chi connectivity index (χ4v) is 4.09. The van der Waals surface area contributed by atoms with Gasteiger partial charge in [0, 0.05) is 23.7 Å². The zero-order chi connectivity index (χ0) is 19.7. The molecule has 0 radical (unpaired) electrons. The van der Waals surface area contributed by atoms with Gasteiger partial charge in [-0.05, 0) is 41.7 Å². The van der Waals surface area contributed by atoms with Crippen molar-refractivity contribution in [2.24, 2.45) is 5.73 Å². The highest BCUT2D eigenvalue weighted by atomic mass is 35.5. The number of fused-ring (bicyclic) bond motifs is 1. The van der Waals surface area contributed by atoms with Crippen molar-refractivity contribution in [3.63, 3.8) is 0 Å². The van der Waals surface area contributed by atoms with E-state index in [0.29, 0.717) is 29.3 Å². The summed E-state index contributed by atoms with van der Waals surface area (Å²) in [4.78, 5) is 11.5. The quantitative estimate of drug-likeness (QED) is 0.669. The standard InChI is InChI=1S/C23H20ClFN2O/c24-22-19(6-3-7-20(22)23(26)28)16-8-9-17(21(25)12-16)13-27-18-10-14-4-1-2-5-15(14)11-18/h1-9,12,18,27H,10-11,13H2,(H2,26,28). The molecule has 0 fully saturated rings. The molecule has 0 saturated carbocycles. The van der Waals surface area contributed by atoms with E-state index in [1.54, 1.807) is 24.3 Å². The fraction of sp³-hybridized carbons (Fsp3) is 0.174. The molecule has 0 bridgehead atoms. The van der Waals surface area contributed by atoms with Gasteiger partial charge >= 0.3 is 0 Å². The van der Waals surface area contributed by atoms with Crippen molar-refractivity contribution in [2.75, 3.05) is 0 Å². The van der Waals surface area contributed by atoms with Crippen LogP contribution in [0.15, 0.2) is 60.7 Å². The molecule has 0 atom stereocenters. The average molecular weight is 395 g/mol. The number of primary amides is 1. The van der Waals surface area contributed by atoms with Gasteiger partial charge < -0.3 is 11.1 Å². The van der Waals surface area contributed by atoms with E-state index < -0.39 is 5.91 Å². The number of rotatable bonds is 5. The molecule has 0 aliphatic heterocycles. The van der Waals surface area contributed by atoms with Crippen molar-refractivity contribution in [3.8, 4) is 11.1 Å². The van der Waals surface area contributed by atoms with Gasteiger partial charge in [-0.25, -0.2) is 4.39 Å². The highest BCUT2D eigenvalue weighted by molar-refractivity contribution is 6.36. The van der Waals surface area contributed by atoms with Crippen LogP contribution in [0.3, 0.4) is 0 Å². The van der Waals surface area contributed by atoms with Gasteiger partial charge in [-0.1, -0.05) is 60.1 Å². The molecule has 1 aliphatic rings. The Morgan fingerprint density at radius 1 is 1.07 bits per heavy atom. The molecule has 28 heavy (non-hydrogen) atoms. The van der Waals surface area contributed by atoms with Gasteiger partial charge in [0.1, 0.15) is 5.82 Å². The van der Waals surface area contributed by atoms with E-state index in [9.17, 15) is 9.18 Å². The van der Waals surface area contributed by atoms with Crippen LogP contribution in [0, 0.1) is 5.82 Å². The van der Waals surface area contributed by atoms with Gasteiger partial charge in [-0.2, -0.15) is 0 Å². The van der Waals surface area contributed by atoms with Gasteiger partial charge in [-0.3, -0.25) is 4.79 Å². The Balaban J connectivity index is 1.49. The summed E-state index contributed by atoms with van der Waals surface area (Å²) < 4.78 is 14.7. The molecule has 0 unspecified atom stereocenters. The van der Waals surface area contributed by atoms with E-state index in [1.807, 2.05) is 6.07 Å². The molecule has 3 nitrogen and oxygen atoms in total. The summed E-state index contributed by atoms with van der Waals surface area (Å²) in [6.45, 7) is 0.458. The second kappa shape index (κ2) is 7.74. The third-order valence-corrected chi connectivity index (χ3v) is 5.67. The summed E-state index contributed by atoms with van der Waals surface area (Å²) in [5.74, 6) is -0.910. The fourth-order valence-electron chi connectivity index (χ4n) is 3.76. The number of halogens is 2. The van der Waals surface area contributed by atoms with Crippen LogP contribution in [-0.4, -0.2) is 11.9 Å². The van der Waals surface area contributed by atoms with Crippen LogP contribution in [0.1, 0.15) is 27.0 Å². The summed E-state index contributed by atoms with van der Waals surface area (Å²) in [5, 5.41) is 3.69. The number of carbonyl (C=O) groups excluding carboxylic acids is 1. The van der Waals surface area contributed by atoms with Crippen LogP contribution in [-0.2, 0) is 19.4 Å². The second-order valence-corrected chi connectivity index (χ2v) is 7.47. The van der Waals surface area contributed by atoms with Crippen LogP contribution in [0.2, 0.25) is 5.02 Å². The molecule has 5 heteroatoms. The number of carbonyl (C=O) groups is 1. The molecule has 142 valence electrons. The molecule has 1 amide bonds. The van der Waals surface area contributed by atoms with Crippen LogP contribution in [0.5, 0.6) is 0 Å². The van der Waals surface area contributed by atoms with E-state index >= 15 is 0 Å². The molecular formula is C23H20ClFN2O. The minimum absolute atomic E-state index is 0.228. The minimum atomic E-state index is -0.606. The molecule has 1 aliphatic carbocycles. The summed E-state index contributed by atoms with van der Waals surface area (Å²) in [6, 6.07) is 18.7. The van der Waals surface area contributed by atoms with Gasteiger partial charge in [-0.15, -0.1) is 0 Å². The Labute approximate surface area is 168 Å². The summed E-state index contributed by atoms with van der Waals surface area (Å²) >= 11 is 6.29. The van der Waals surface area contributed by atoms with Crippen LogP contribution >= 0.6 is 11.6 Å². The van der Waals surface area contributed by atoms with E-state index in [1.165, 1.54) is 17.2 Å². The topological polar surface area (TPSA) is 55.1 Å². The van der Waals surface area contributed by atoms with Crippen LogP contribution in [0.4, 0.5) is 4.39 Å². The predicted molar refractivity (Wildman–Crippen MR) is 110 cm³/mol. The number of amides is 1. The maximum Gasteiger partial charge on any atom is 0.250 e. The summed E-state index contributed by atoms with van der Waals surface area (Å²) in [6.07, 6.45) is 1.93. The average Bonchev–Trinajstić information content (AvgIpc) is 3.10. The maximum absolute atomic E-state index is 14.7. The van der Waals surface area contributed by atoms with Crippen molar-refractivity contribution >= 4 is 17.5 Å². The lowest BCUT2D eigenvalue weighted by Crippen LogP contribution is -2.29. The Kier molecular flexibility index (Phi) is 5.16. The van der Waals surface area contributed by atoms with Crippen LogP contribution < -0.4 is 11.1 Å². The monoisotopic (exact) mass is 394 g/mol. The zero-order valence-corrected chi connectivity index (χ0v) is 16.0. The molecule has 3 N–H and O–H groups in total. The molecule has 3 aromatic rings. The van der Waals surface area contributed by atoms with E-state index in [-0.39, 0.29) is 16.4 Å². The number of hydrogen-bond acceptors (Lipinski definition) is 2. The first-order chi connectivity index (χ1) is 13.5. The predicted octanol–water partition coefficient (Wildman–Crippen LogP) is 4.50. The molecule has 0 saturated heterocycles. The first-order valence-corrected chi connectivity index (χ1v) is 9.58. The molecule has 4 rings (SSSR count). The Hall–Kier alpha value is -2.69. The van der Waals surface area contributed by atoms with Crippen molar-refractivity contribution in [3.05, 3.63) is 93.8 Å². The lowest BCUT2D eigenvalue weighted by Gasteiger charge is -2.14. The largest absolute Gasteiger partial charge is 0.366 e. The van der Waals surface area contributed by atoms with Crippen molar-refractivity contribution in [1.82, 2.24) is 5.32 Å². The van der Waals surface area contributed by atoms with E-state index in [0.717, 1.165) is 12.8 Å². The Morgan fingerprint density at radius 3 is 2.43 bits per heavy atom. The Bertz CT molecular complexity index is 1030. The molecule has 0 spiro atoms. The maximum atomic E-state index is 14.7. The zero-order valence-electron chi connectivity index (χ0n) is 15.2. The van der Waals surface area contributed by atoms with Crippen molar-refractivity contribution in [2.45, 2.75) is 25.4 Å². The first-order valence-electron chi connectivity index (χ1n) is 9.20. The SMILES string of the molecule is NC(=O)c1cccc(-c2ccc(CNC3Cc4ccccc4C3)c(F)c2)c1Cl. The van der Waals surface area contributed by atoms with Gasteiger partial charge in [0.15, 0.2) is 0 Å². The number of nitrogens with two attached hydrogens (primary N) is 1. The third kappa shape index (κ3) is 3.66. The third-order valence-electron chi connectivity index (χ3n) is 5.26. The lowest BCUT2D eigenvalue weighted by molar-refractivity contribution is 0.100. The Morgan fingerprint density at radius 2 is 1.79 bits per heavy atom. The van der Waals surface area contributed by atoms with Crippen molar-refractivity contribution < 1.29 is 9.18 Å². The highest BCUT2D eigenvalue weighted by Crippen LogP contribution is 2.31. The molecule has 0 aromatic heterocycles. The molecule has 0 heterocycles. The lowest BCUT2D eigenvalue weighted by atomic mass is 10.0.